The van der Waals surface area contributed by atoms with Crippen LogP contribution in [-0.2, 0) is 16.0 Å². The number of methoxy groups -OCH3 is 1. The fourth-order valence-corrected chi connectivity index (χ4v) is 1.53. The molecule has 0 bridgehead atoms. The zero-order chi connectivity index (χ0) is 13.7. The molecule has 0 aliphatic heterocycles. The predicted molar refractivity (Wildman–Crippen MR) is 65.6 cm³/mol. The first-order chi connectivity index (χ1) is 8.49. The van der Waals surface area contributed by atoms with Crippen molar-refractivity contribution in [1.29, 1.82) is 0 Å². The van der Waals surface area contributed by atoms with Gasteiger partial charge in [-0.2, -0.15) is 0 Å². The van der Waals surface area contributed by atoms with E-state index < -0.39 is 5.97 Å². The standard InChI is InChI=1S/C13H15NO4/c1-8(15)9-4-5-11(13(17)18-3)10(6-9)7-12(16)14-2/h4-6H,7H2,1-3H3,(H,14,16). The first kappa shape index (κ1) is 13.9. The number of rotatable bonds is 4. The second-order valence-corrected chi connectivity index (χ2v) is 3.77. The van der Waals surface area contributed by atoms with Crippen molar-refractivity contribution in [2.75, 3.05) is 14.2 Å². The Morgan fingerprint density at radius 1 is 1.28 bits per heavy atom. The molecule has 1 rings (SSSR count). The van der Waals surface area contributed by atoms with Gasteiger partial charge in [-0.25, -0.2) is 4.79 Å². The number of Topliss-reactive ketones (excluding diaryl/α,β-unsaturated/α-hetero) is 1. The molecular formula is C13H15NO4. The van der Waals surface area contributed by atoms with E-state index in [1.165, 1.54) is 27.1 Å². The molecule has 0 spiro atoms. The van der Waals surface area contributed by atoms with Gasteiger partial charge in [-0.1, -0.05) is 6.07 Å². The Morgan fingerprint density at radius 3 is 2.44 bits per heavy atom. The quantitative estimate of drug-likeness (QED) is 0.637. The third-order valence-corrected chi connectivity index (χ3v) is 2.55. The third-order valence-electron chi connectivity index (χ3n) is 2.55. The number of hydrogen-bond donors (Lipinski definition) is 1. The van der Waals surface area contributed by atoms with Crippen LogP contribution >= 0.6 is 0 Å². The molecule has 0 aliphatic carbocycles. The molecule has 0 saturated carbocycles. The van der Waals surface area contributed by atoms with Crippen molar-refractivity contribution in [2.45, 2.75) is 13.3 Å². The summed E-state index contributed by atoms with van der Waals surface area (Å²) in [6, 6.07) is 4.59. The van der Waals surface area contributed by atoms with Crippen molar-refractivity contribution in [3.05, 3.63) is 34.9 Å². The van der Waals surface area contributed by atoms with E-state index in [4.69, 9.17) is 0 Å². The van der Waals surface area contributed by atoms with Gasteiger partial charge < -0.3 is 10.1 Å². The smallest absolute Gasteiger partial charge is 0.338 e. The summed E-state index contributed by atoms with van der Waals surface area (Å²) in [5.41, 5.74) is 1.24. The van der Waals surface area contributed by atoms with Crippen molar-refractivity contribution < 1.29 is 19.1 Å². The number of ether oxygens (including phenoxy) is 1. The van der Waals surface area contributed by atoms with Crippen LogP contribution in [0.5, 0.6) is 0 Å². The van der Waals surface area contributed by atoms with Gasteiger partial charge in [-0.15, -0.1) is 0 Å². The van der Waals surface area contributed by atoms with Crippen molar-refractivity contribution in [2.24, 2.45) is 0 Å². The summed E-state index contributed by atoms with van der Waals surface area (Å²) in [7, 11) is 2.78. The number of benzene rings is 1. The fourth-order valence-electron chi connectivity index (χ4n) is 1.53. The van der Waals surface area contributed by atoms with Gasteiger partial charge in [0.25, 0.3) is 0 Å². The highest BCUT2D eigenvalue weighted by molar-refractivity contribution is 5.98. The summed E-state index contributed by atoms with van der Waals surface area (Å²) in [5, 5.41) is 2.47. The molecule has 0 aromatic heterocycles. The van der Waals surface area contributed by atoms with E-state index in [1.54, 1.807) is 12.1 Å². The molecule has 96 valence electrons. The Kier molecular flexibility index (Phi) is 4.59. The monoisotopic (exact) mass is 249 g/mol. The Hall–Kier alpha value is -2.17. The number of carbonyl (C=O) groups excluding carboxylic acids is 3. The Balaban J connectivity index is 3.21. The summed E-state index contributed by atoms with van der Waals surface area (Å²) in [6.07, 6.45) is 0.0298. The van der Waals surface area contributed by atoms with E-state index >= 15 is 0 Å². The maximum Gasteiger partial charge on any atom is 0.338 e. The maximum absolute atomic E-state index is 11.5. The molecule has 0 atom stereocenters. The number of carbonyl (C=O) groups is 3. The minimum atomic E-state index is -0.524. The lowest BCUT2D eigenvalue weighted by atomic mass is 9.99. The molecule has 0 saturated heterocycles. The van der Waals surface area contributed by atoms with E-state index in [0.717, 1.165) is 0 Å². The number of ketones is 1. The van der Waals surface area contributed by atoms with Gasteiger partial charge in [0.05, 0.1) is 19.1 Å². The highest BCUT2D eigenvalue weighted by Crippen LogP contribution is 2.15. The van der Waals surface area contributed by atoms with E-state index in [9.17, 15) is 14.4 Å². The van der Waals surface area contributed by atoms with Gasteiger partial charge in [0.1, 0.15) is 0 Å². The number of hydrogen-bond acceptors (Lipinski definition) is 4. The molecule has 0 heterocycles. The molecule has 1 aromatic carbocycles. The van der Waals surface area contributed by atoms with Crippen molar-refractivity contribution in [1.82, 2.24) is 5.32 Å². The summed E-state index contributed by atoms with van der Waals surface area (Å²) in [6.45, 7) is 1.43. The fraction of sp³-hybridized carbons (Fsp3) is 0.308. The molecule has 0 aliphatic rings. The van der Waals surface area contributed by atoms with Crippen LogP contribution in [0.15, 0.2) is 18.2 Å². The third kappa shape index (κ3) is 3.16. The number of nitrogens with one attached hydrogen (secondary N) is 1. The van der Waals surface area contributed by atoms with Gasteiger partial charge in [0, 0.05) is 12.6 Å². The van der Waals surface area contributed by atoms with Gasteiger partial charge in [-0.3, -0.25) is 9.59 Å². The van der Waals surface area contributed by atoms with Crippen LogP contribution in [0.1, 0.15) is 33.2 Å². The van der Waals surface area contributed by atoms with Crippen LogP contribution in [0.25, 0.3) is 0 Å². The van der Waals surface area contributed by atoms with Gasteiger partial charge >= 0.3 is 5.97 Å². The first-order valence-corrected chi connectivity index (χ1v) is 5.42. The van der Waals surface area contributed by atoms with E-state index in [2.05, 4.69) is 10.1 Å². The topological polar surface area (TPSA) is 72.5 Å². The zero-order valence-electron chi connectivity index (χ0n) is 10.6. The zero-order valence-corrected chi connectivity index (χ0v) is 10.6. The van der Waals surface area contributed by atoms with Crippen LogP contribution in [0.3, 0.4) is 0 Å². The largest absolute Gasteiger partial charge is 0.465 e. The minimum absolute atomic E-state index is 0.0298. The highest BCUT2D eigenvalue weighted by Gasteiger charge is 2.15. The first-order valence-electron chi connectivity index (χ1n) is 5.42. The van der Waals surface area contributed by atoms with Crippen LogP contribution < -0.4 is 5.32 Å². The molecular weight excluding hydrogens is 234 g/mol. The molecule has 1 N–H and O–H groups in total. The molecule has 0 unspecified atom stereocenters. The van der Waals surface area contributed by atoms with E-state index in [0.29, 0.717) is 16.7 Å². The predicted octanol–water partition coefficient (Wildman–Crippen LogP) is 0.964. The number of esters is 1. The van der Waals surface area contributed by atoms with Crippen molar-refractivity contribution >= 4 is 17.7 Å². The summed E-state index contributed by atoms with van der Waals surface area (Å²) in [5.74, 6) is -0.880. The Bertz CT molecular complexity index is 494. The molecule has 18 heavy (non-hydrogen) atoms. The average molecular weight is 249 g/mol. The normalized spacial score (nSPS) is 9.72. The molecule has 5 nitrogen and oxygen atoms in total. The molecule has 0 radical (unpaired) electrons. The number of likely N-dealkylation sites (N-methyl/N-ethyl adjacent to an activating group) is 1. The van der Waals surface area contributed by atoms with E-state index in [-0.39, 0.29) is 18.1 Å². The van der Waals surface area contributed by atoms with Crippen LogP contribution in [-0.4, -0.2) is 31.8 Å². The summed E-state index contributed by atoms with van der Waals surface area (Å²) in [4.78, 5) is 34.2. The highest BCUT2D eigenvalue weighted by atomic mass is 16.5. The van der Waals surface area contributed by atoms with Crippen molar-refractivity contribution in [3.63, 3.8) is 0 Å². The summed E-state index contributed by atoms with van der Waals surface area (Å²) >= 11 is 0. The molecule has 0 fully saturated rings. The van der Waals surface area contributed by atoms with Gasteiger partial charge in [0.2, 0.25) is 5.91 Å². The SMILES string of the molecule is CNC(=O)Cc1cc(C(C)=O)ccc1C(=O)OC. The average Bonchev–Trinajstić information content (AvgIpc) is 2.37. The lowest BCUT2D eigenvalue weighted by Gasteiger charge is -2.08. The lowest BCUT2D eigenvalue weighted by molar-refractivity contribution is -0.119. The number of amides is 1. The summed E-state index contributed by atoms with van der Waals surface area (Å²) < 4.78 is 4.64. The van der Waals surface area contributed by atoms with Crippen LogP contribution in [0.2, 0.25) is 0 Å². The second-order valence-electron chi connectivity index (χ2n) is 3.77. The maximum atomic E-state index is 11.5. The van der Waals surface area contributed by atoms with Gasteiger partial charge in [-0.05, 0) is 24.6 Å². The van der Waals surface area contributed by atoms with Crippen LogP contribution in [0.4, 0.5) is 0 Å². The van der Waals surface area contributed by atoms with Crippen molar-refractivity contribution in [3.8, 4) is 0 Å². The van der Waals surface area contributed by atoms with Crippen LogP contribution in [0, 0.1) is 0 Å². The molecule has 5 heteroatoms. The Morgan fingerprint density at radius 2 is 1.94 bits per heavy atom. The van der Waals surface area contributed by atoms with E-state index in [1.807, 2.05) is 0 Å². The minimum Gasteiger partial charge on any atom is -0.465 e. The molecule has 1 amide bonds. The molecule has 1 aromatic rings. The Labute approximate surface area is 105 Å². The van der Waals surface area contributed by atoms with Gasteiger partial charge in [0.15, 0.2) is 5.78 Å². The lowest BCUT2D eigenvalue weighted by Crippen LogP contribution is -2.21. The second kappa shape index (κ2) is 5.95.